The molecule has 0 aromatic heterocycles. The second-order valence-electron chi connectivity index (χ2n) is 10.3. The van der Waals surface area contributed by atoms with Gasteiger partial charge in [-0.1, -0.05) is 74.5 Å². The van der Waals surface area contributed by atoms with Crippen LogP contribution in [0, 0.1) is 5.92 Å². The molecule has 2 aromatic carbocycles. The van der Waals surface area contributed by atoms with Crippen molar-refractivity contribution in [2.24, 2.45) is 5.92 Å². The van der Waals surface area contributed by atoms with E-state index >= 15 is 0 Å². The number of ether oxygens (including phenoxy) is 2. The first-order chi connectivity index (χ1) is 18.3. The quantitative estimate of drug-likeness (QED) is 0.339. The second kappa shape index (κ2) is 14.4. The first-order valence-electron chi connectivity index (χ1n) is 12.8. The Hall–Kier alpha value is -2.99. The van der Waals surface area contributed by atoms with Gasteiger partial charge < -0.3 is 19.9 Å². The van der Waals surface area contributed by atoms with Gasteiger partial charge in [-0.2, -0.15) is 17.0 Å². The monoisotopic (exact) mass is 563 g/mol. The predicted molar refractivity (Wildman–Crippen MR) is 149 cm³/mol. The molecule has 216 valence electrons. The van der Waals surface area contributed by atoms with E-state index in [1.54, 1.807) is 0 Å². The third-order valence-electron chi connectivity index (χ3n) is 6.38. The van der Waals surface area contributed by atoms with Gasteiger partial charge in [0.25, 0.3) is 10.2 Å². The standard InChI is InChI=1S/C28H41N3O7S/c1-21(2)18-31(39(35,36)30(5)28(3,4)26(33)37-6)19-25(32)24(17-22-13-9-7-10-14-22)29-27(34)38-20-23-15-11-8-12-16-23/h7-16,21,24-25,32H,17-20H2,1-6H3,(H,29,34)/t24-,25+/m0/s1. The number of nitrogens with one attached hydrogen (secondary N) is 1. The van der Waals surface area contributed by atoms with Crippen LogP contribution in [0.15, 0.2) is 60.7 Å². The van der Waals surface area contributed by atoms with E-state index in [4.69, 9.17) is 9.47 Å². The predicted octanol–water partition coefficient (Wildman–Crippen LogP) is 2.97. The van der Waals surface area contributed by atoms with Gasteiger partial charge in [-0.25, -0.2) is 4.79 Å². The number of amides is 1. The molecule has 39 heavy (non-hydrogen) atoms. The average molecular weight is 564 g/mol. The number of hydrogen-bond acceptors (Lipinski definition) is 7. The normalized spacial score (nSPS) is 13.8. The zero-order valence-corrected chi connectivity index (χ0v) is 24.3. The highest BCUT2D eigenvalue weighted by atomic mass is 32.2. The molecule has 2 N–H and O–H groups in total. The minimum absolute atomic E-state index is 0.0437. The molecule has 2 rings (SSSR count). The summed E-state index contributed by atoms with van der Waals surface area (Å²) in [5.74, 6) is -0.804. The van der Waals surface area contributed by atoms with Gasteiger partial charge >= 0.3 is 12.1 Å². The third-order valence-corrected chi connectivity index (χ3v) is 8.48. The molecule has 0 unspecified atom stereocenters. The first kappa shape index (κ1) is 32.2. The summed E-state index contributed by atoms with van der Waals surface area (Å²) in [6.45, 7) is 6.39. The molecular weight excluding hydrogens is 522 g/mol. The van der Waals surface area contributed by atoms with Crippen molar-refractivity contribution in [3.63, 3.8) is 0 Å². The van der Waals surface area contributed by atoms with Gasteiger partial charge in [-0.05, 0) is 37.3 Å². The number of nitrogens with zero attached hydrogens (tertiary/aromatic N) is 2. The summed E-state index contributed by atoms with van der Waals surface area (Å²) < 4.78 is 39.5. The maximum atomic E-state index is 13.7. The SMILES string of the molecule is COC(=O)C(C)(C)N(C)S(=O)(=O)N(CC(C)C)C[C@@H](O)[C@H](Cc1ccccc1)NC(=O)OCc1ccccc1. The lowest BCUT2D eigenvalue weighted by atomic mass is 10.0. The summed E-state index contributed by atoms with van der Waals surface area (Å²) in [6.07, 6.45) is -1.79. The summed E-state index contributed by atoms with van der Waals surface area (Å²) >= 11 is 0. The minimum Gasteiger partial charge on any atom is -0.468 e. The summed E-state index contributed by atoms with van der Waals surface area (Å²) in [7, 11) is -1.73. The number of carbonyl (C=O) groups excluding carboxylic acids is 2. The van der Waals surface area contributed by atoms with Crippen molar-refractivity contribution in [3.05, 3.63) is 71.8 Å². The van der Waals surface area contributed by atoms with Crippen LogP contribution in [0.25, 0.3) is 0 Å². The molecule has 11 heteroatoms. The topological polar surface area (TPSA) is 125 Å². The van der Waals surface area contributed by atoms with Gasteiger partial charge in [0.1, 0.15) is 12.1 Å². The van der Waals surface area contributed by atoms with Crippen molar-refractivity contribution >= 4 is 22.3 Å². The maximum Gasteiger partial charge on any atom is 0.407 e. The highest BCUT2D eigenvalue weighted by molar-refractivity contribution is 7.86. The average Bonchev–Trinajstić information content (AvgIpc) is 2.91. The molecule has 0 bridgehead atoms. The van der Waals surface area contributed by atoms with Gasteiger partial charge in [0.2, 0.25) is 0 Å². The van der Waals surface area contributed by atoms with Crippen molar-refractivity contribution in [3.8, 4) is 0 Å². The smallest absolute Gasteiger partial charge is 0.407 e. The van der Waals surface area contributed by atoms with Crippen LogP contribution in [0.5, 0.6) is 0 Å². The van der Waals surface area contributed by atoms with Gasteiger partial charge in [0, 0.05) is 20.1 Å². The highest BCUT2D eigenvalue weighted by Crippen LogP contribution is 2.23. The molecule has 2 atom stereocenters. The molecule has 0 aliphatic heterocycles. The lowest BCUT2D eigenvalue weighted by molar-refractivity contribution is -0.149. The van der Waals surface area contributed by atoms with Gasteiger partial charge in [0.05, 0.1) is 19.3 Å². The Labute approximate surface area is 232 Å². The van der Waals surface area contributed by atoms with Crippen LogP contribution in [-0.4, -0.2) is 79.1 Å². The number of likely N-dealkylation sites (N-methyl/N-ethyl adjacent to an activating group) is 1. The van der Waals surface area contributed by atoms with Crippen LogP contribution in [0.3, 0.4) is 0 Å². The molecule has 0 spiro atoms. The Bertz CT molecular complexity index is 1160. The highest BCUT2D eigenvalue weighted by Gasteiger charge is 2.43. The summed E-state index contributed by atoms with van der Waals surface area (Å²) in [6, 6.07) is 17.6. The Morgan fingerprint density at radius 2 is 1.51 bits per heavy atom. The number of aliphatic hydroxyl groups is 1. The molecule has 0 saturated heterocycles. The molecular formula is C28H41N3O7S. The molecule has 0 radical (unpaired) electrons. The van der Waals surface area contributed by atoms with Crippen LogP contribution in [-0.2, 0) is 37.5 Å². The lowest BCUT2D eigenvalue weighted by Crippen LogP contribution is -2.58. The Balaban J connectivity index is 2.28. The van der Waals surface area contributed by atoms with E-state index in [0.29, 0.717) is 0 Å². The van der Waals surface area contributed by atoms with Crippen molar-refractivity contribution < 1.29 is 32.6 Å². The zero-order valence-electron chi connectivity index (χ0n) is 23.5. The molecule has 1 amide bonds. The van der Waals surface area contributed by atoms with Crippen LogP contribution in [0.1, 0.15) is 38.8 Å². The van der Waals surface area contributed by atoms with E-state index in [-0.39, 0.29) is 32.0 Å². The van der Waals surface area contributed by atoms with E-state index in [1.807, 2.05) is 74.5 Å². The third kappa shape index (κ3) is 9.31. The lowest BCUT2D eigenvalue weighted by Gasteiger charge is -2.37. The fourth-order valence-electron chi connectivity index (χ4n) is 3.91. The second-order valence-corrected chi connectivity index (χ2v) is 12.3. The number of hydrogen-bond donors (Lipinski definition) is 2. The number of esters is 1. The van der Waals surface area contributed by atoms with E-state index in [2.05, 4.69) is 5.32 Å². The van der Waals surface area contributed by atoms with E-state index < -0.39 is 40.0 Å². The van der Waals surface area contributed by atoms with Crippen LogP contribution in [0.4, 0.5) is 4.79 Å². The van der Waals surface area contributed by atoms with E-state index in [0.717, 1.165) is 19.7 Å². The molecule has 10 nitrogen and oxygen atoms in total. The fourth-order valence-corrected chi connectivity index (χ4v) is 5.74. The molecule has 0 aliphatic carbocycles. The fraction of sp³-hybridized carbons (Fsp3) is 0.500. The van der Waals surface area contributed by atoms with E-state index in [1.165, 1.54) is 28.0 Å². The molecule has 0 saturated carbocycles. The summed E-state index contributed by atoms with van der Waals surface area (Å²) in [4.78, 5) is 25.0. The zero-order chi connectivity index (χ0) is 29.2. The largest absolute Gasteiger partial charge is 0.468 e. The minimum atomic E-state index is -4.22. The number of alkyl carbamates (subject to hydrolysis) is 1. The van der Waals surface area contributed by atoms with Crippen molar-refractivity contribution in [2.45, 2.75) is 58.4 Å². The first-order valence-corrected chi connectivity index (χ1v) is 14.2. The van der Waals surface area contributed by atoms with Gasteiger partial charge in [-0.3, -0.25) is 4.79 Å². The van der Waals surface area contributed by atoms with Crippen LogP contribution in [0.2, 0.25) is 0 Å². The van der Waals surface area contributed by atoms with Crippen LogP contribution >= 0.6 is 0 Å². The number of aliphatic hydroxyl groups excluding tert-OH is 1. The molecule has 2 aromatic rings. The maximum absolute atomic E-state index is 13.7. The summed E-state index contributed by atoms with van der Waals surface area (Å²) in [5.41, 5.74) is 0.154. The number of methoxy groups -OCH3 is 1. The number of benzene rings is 2. The van der Waals surface area contributed by atoms with E-state index in [9.17, 15) is 23.1 Å². The molecule has 0 fully saturated rings. The summed E-state index contributed by atoms with van der Waals surface area (Å²) in [5, 5.41) is 14.0. The van der Waals surface area contributed by atoms with Crippen molar-refractivity contribution in [1.29, 1.82) is 0 Å². The number of rotatable bonds is 14. The van der Waals surface area contributed by atoms with Gasteiger partial charge in [-0.15, -0.1) is 0 Å². The van der Waals surface area contributed by atoms with Crippen LogP contribution < -0.4 is 5.32 Å². The Morgan fingerprint density at radius 3 is 2.03 bits per heavy atom. The Kier molecular flexibility index (Phi) is 11.9. The van der Waals surface area contributed by atoms with Gasteiger partial charge in [0.15, 0.2) is 0 Å². The Morgan fingerprint density at radius 1 is 0.974 bits per heavy atom. The van der Waals surface area contributed by atoms with Crippen molar-refractivity contribution in [1.82, 2.24) is 13.9 Å². The number of carbonyl (C=O) groups is 2. The molecule has 0 heterocycles. The molecule has 0 aliphatic rings. The van der Waals surface area contributed by atoms with Crippen molar-refractivity contribution in [2.75, 3.05) is 27.2 Å².